The summed E-state index contributed by atoms with van der Waals surface area (Å²) in [5.41, 5.74) is 7.25. The first-order valence-electron chi connectivity index (χ1n) is 11.5. The Labute approximate surface area is 208 Å². The summed E-state index contributed by atoms with van der Waals surface area (Å²) in [6.45, 7) is 5.14. The summed E-state index contributed by atoms with van der Waals surface area (Å²) in [6.07, 6.45) is 1.18. The third-order valence-corrected chi connectivity index (χ3v) is 5.54. The van der Waals surface area contributed by atoms with Gasteiger partial charge < -0.3 is 36.9 Å². The molecule has 1 aromatic heterocycles. The third-order valence-electron chi connectivity index (χ3n) is 5.54. The Balaban J connectivity index is 2.08. The highest BCUT2D eigenvalue weighted by molar-refractivity contribution is 5.95. The van der Waals surface area contributed by atoms with Crippen LogP contribution in [0.4, 0.5) is 0 Å². The largest absolute Gasteiger partial charge is 0.481 e. The van der Waals surface area contributed by atoms with E-state index in [-0.39, 0.29) is 12.3 Å². The topological polar surface area (TPSA) is 204 Å². The van der Waals surface area contributed by atoms with Gasteiger partial charge in [0.2, 0.25) is 17.7 Å². The number of aromatic amines is 1. The minimum atomic E-state index is -1.57. The highest BCUT2D eigenvalue weighted by atomic mass is 16.4. The SMILES string of the molecule is CC(C)CC(N)C(=O)NC(C)C(=O)NC(CC(=O)O)C(=O)NC(Cc1c[nH]c2ccccc12)C(=O)O. The number of carbonyl (C=O) groups excluding carboxylic acids is 3. The van der Waals surface area contributed by atoms with Crippen molar-refractivity contribution in [2.75, 3.05) is 0 Å². The number of H-pyrrole nitrogens is 1. The molecule has 1 heterocycles. The molecule has 0 saturated carbocycles. The fraction of sp³-hybridized carbons (Fsp3) is 0.458. The Bertz CT molecular complexity index is 1110. The van der Waals surface area contributed by atoms with Crippen LogP contribution >= 0.6 is 0 Å². The Morgan fingerprint density at radius 2 is 1.56 bits per heavy atom. The molecule has 3 amide bonds. The molecule has 0 radical (unpaired) electrons. The molecule has 0 aliphatic heterocycles. The number of aromatic nitrogens is 1. The van der Waals surface area contributed by atoms with Gasteiger partial charge in [0.15, 0.2) is 0 Å². The zero-order chi connectivity index (χ0) is 27.0. The minimum absolute atomic E-state index is 0.0704. The Hall–Kier alpha value is -3.93. The van der Waals surface area contributed by atoms with Gasteiger partial charge in [0.1, 0.15) is 18.1 Å². The number of fused-ring (bicyclic) bond motifs is 1. The van der Waals surface area contributed by atoms with Crippen LogP contribution in [0.2, 0.25) is 0 Å². The zero-order valence-electron chi connectivity index (χ0n) is 20.4. The van der Waals surface area contributed by atoms with E-state index in [1.54, 1.807) is 18.3 Å². The van der Waals surface area contributed by atoms with E-state index in [4.69, 9.17) is 5.73 Å². The fourth-order valence-corrected chi connectivity index (χ4v) is 3.67. The van der Waals surface area contributed by atoms with Gasteiger partial charge in [-0.25, -0.2) is 4.79 Å². The van der Waals surface area contributed by atoms with Gasteiger partial charge in [0, 0.05) is 23.5 Å². The zero-order valence-corrected chi connectivity index (χ0v) is 20.4. The van der Waals surface area contributed by atoms with E-state index < -0.39 is 60.2 Å². The summed E-state index contributed by atoms with van der Waals surface area (Å²) in [7, 11) is 0. The number of nitrogens with two attached hydrogens (primary N) is 1. The van der Waals surface area contributed by atoms with E-state index in [2.05, 4.69) is 20.9 Å². The number of amides is 3. The van der Waals surface area contributed by atoms with Crippen LogP contribution in [0.1, 0.15) is 39.2 Å². The van der Waals surface area contributed by atoms with Gasteiger partial charge in [0.25, 0.3) is 0 Å². The molecular formula is C24H33N5O7. The normalized spacial score (nSPS) is 14.5. The third kappa shape index (κ3) is 8.08. The first kappa shape index (κ1) is 28.3. The minimum Gasteiger partial charge on any atom is -0.481 e. The van der Waals surface area contributed by atoms with E-state index in [1.165, 1.54) is 6.92 Å². The van der Waals surface area contributed by atoms with Crippen molar-refractivity contribution in [3.63, 3.8) is 0 Å². The molecule has 12 nitrogen and oxygen atoms in total. The van der Waals surface area contributed by atoms with Crippen LogP contribution < -0.4 is 21.7 Å². The predicted octanol–water partition coefficient (Wildman–Crippen LogP) is 0.117. The molecule has 0 bridgehead atoms. The summed E-state index contributed by atoms with van der Waals surface area (Å²) in [5.74, 6) is -4.90. The molecule has 12 heteroatoms. The lowest BCUT2D eigenvalue weighted by atomic mass is 10.0. The molecule has 1 aromatic carbocycles. The summed E-state index contributed by atoms with van der Waals surface area (Å²) in [4.78, 5) is 63.8. The fourth-order valence-electron chi connectivity index (χ4n) is 3.67. The van der Waals surface area contributed by atoms with Crippen LogP contribution in [0, 0.1) is 5.92 Å². The second-order valence-corrected chi connectivity index (χ2v) is 9.09. The molecule has 0 aliphatic rings. The van der Waals surface area contributed by atoms with Gasteiger partial charge in [-0.3, -0.25) is 19.2 Å². The number of hydrogen-bond acceptors (Lipinski definition) is 6. The van der Waals surface area contributed by atoms with Crippen LogP contribution in [0.5, 0.6) is 0 Å². The van der Waals surface area contributed by atoms with Crippen molar-refractivity contribution >= 4 is 40.6 Å². The summed E-state index contributed by atoms with van der Waals surface area (Å²) in [6, 6.07) is 2.35. The number of para-hydroxylation sites is 1. The smallest absolute Gasteiger partial charge is 0.326 e. The number of carbonyl (C=O) groups is 5. The van der Waals surface area contributed by atoms with Crippen molar-refractivity contribution in [1.29, 1.82) is 0 Å². The van der Waals surface area contributed by atoms with Gasteiger partial charge in [0.05, 0.1) is 12.5 Å². The average molecular weight is 504 g/mol. The quantitative estimate of drug-likeness (QED) is 0.199. The van der Waals surface area contributed by atoms with E-state index >= 15 is 0 Å². The number of rotatable bonds is 13. The van der Waals surface area contributed by atoms with Crippen LogP contribution in [0.25, 0.3) is 10.9 Å². The molecule has 0 fully saturated rings. The molecular weight excluding hydrogens is 470 g/mol. The predicted molar refractivity (Wildman–Crippen MR) is 131 cm³/mol. The van der Waals surface area contributed by atoms with Crippen LogP contribution in [-0.2, 0) is 30.4 Å². The monoisotopic (exact) mass is 503 g/mol. The molecule has 36 heavy (non-hydrogen) atoms. The van der Waals surface area contributed by atoms with Crippen LogP contribution in [0.15, 0.2) is 30.5 Å². The Morgan fingerprint density at radius 1 is 0.917 bits per heavy atom. The van der Waals surface area contributed by atoms with Gasteiger partial charge >= 0.3 is 11.9 Å². The lowest BCUT2D eigenvalue weighted by molar-refractivity contribution is -0.143. The first-order valence-corrected chi connectivity index (χ1v) is 11.5. The second kappa shape index (κ2) is 12.7. The van der Waals surface area contributed by atoms with Gasteiger partial charge in [-0.2, -0.15) is 0 Å². The van der Waals surface area contributed by atoms with E-state index in [0.717, 1.165) is 10.9 Å². The maximum Gasteiger partial charge on any atom is 0.326 e. The molecule has 2 aromatic rings. The number of carboxylic acids is 2. The van der Waals surface area contributed by atoms with E-state index in [1.807, 2.05) is 26.0 Å². The summed E-state index contributed by atoms with van der Waals surface area (Å²) >= 11 is 0. The standard InChI is InChI=1S/C24H33N5O7/c1-12(2)8-16(25)22(33)27-13(3)21(32)28-18(10-20(30)31)23(34)29-19(24(35)36)9-14-11-26-17-7-5-4-6-15(14)17/h4-7,11-13,16,18-19,26H,8-10,25H2,1-3H3,(H,27,33)(H,28,32)(H,29,34)(H,30,31)(H,35,36). The summed E-state index contributed by atoms with van der Waals surface area (Å²) in [5, 5.41) is 26.7. The molecule has 8 N–H and O–H groups in total. The maximum atomic E-state index is 12.8. The van der Waals surface area contributed by atoms with E-state index in [0.29, 0.717) is 12.0 Å². The highest BCUT2D eigenvalue weighted by Crippen LogP contribution is 2.19. The average Bonchev–Trinajstić information content (AvgIpc) is 3.19. The highest BCUT2D eigenvalue weighted by Gasteiger charge is 2.30. The lowest BCUT2D eigenvalue weighted by Gasteiger charge is -2.23. The lowest BCUT2D eigenvalue weighted by Crippen LogP contribution is -2.57. The molecule has 2 rings (SSSR count). The number of carboxylic acid groups (broad SMARTS) is 2. The molecule has 0 aliphatic carbocycles. The second-order valence-electron chi connectivity index (χ2n) is 9.09. The molecule has 0 spiro atoms. The Kier molecular flexibility index (Phi) is 9.97. The van der Waals surface area contributed by atoms with Gasteiger partial charge in [-0.1, -0.05) is 32.0 Å². The van der Waals surface area contributed by atoms with Crippen molar-refractivity contribution in [2.24, 2.45) is 11.7 Å². The Morgan fingerprint density at radius 3 is 2.17 bits per heavy atom. The number of hydrogen-bond donors (Lipinski definition) is 7. The van der Waals surface area contributed by atoms with E-state index in [9.17, 15) is 34.2 Å². The number of benzene rings is 1. The van der Waals surface area contributed by atoms with Crippen molar-refractivity contribution in [3.05, 3.63) is 36.0 Å². The van der Waals surface area contributed by atoms with Gasteiger partial charge in [-0.05, 0) is 30.9 Å². The molecule has 4 atom stereocenters. The molecule has 196 valence electrons. The molecule has 0 saturated heterocycles. The van der Waals surface area contributed by atoms with Gasteiger partial charge in [-0.15, -0.1) is 0 Å². The summed E-state index contributed by atoms with van der Waals surface area (Å²) < 4.78 is 0. The number of nitrogens with one attached hydrogen (secondary N) is 4. The van der Waals surface area contributed by atoms with Crippen molar-refractivity contribution in [1.82, 2.24) is 20.9 Å². The van der Waals surface area contributed by atoms with Crippen molar-refractivity contribution < 1.29 is 34.2 Å². The first-order chi connectivity index (χ1) is 16.9. The molecule has 4 unspecified atom stereocenters. The maximum absolute atomic E-state index is 12.8. The van der Waals surface area contributed by atoms with Crippen molar-refractivity contribution in [2.45, 2.75) is 64.2 Å². The number of aliphatic carboxylic acids is 2. The van der Waals surface area contributed by atoms with Crippen molar-refractivity contribution in [3.8, 4) is 0 Å². The van der Waals surface area contributed by atoms with Crippen LogP contribution in [-0.4, -0.2) is 69.0 Å². The van der Waals surface area contributed by atoms with Crippen LogP contribution in [0.3, 0.4) is 0 Å².